The molecule has 2 N–H and O–H groups in total. The summed E-state index contributed by atoms with van der Waals surface area (Å²) in [5.41, 5.74) is 1.65. The molecule has 1 aliphatic carbocycles. The molecule has 0 saturated carbocycles. The first-order chi connectivity index (χ1) is 16.9. The zero-order valence-electron chi connectivity index (χ0n) is 19.6. The minimum absolute atomic E-state index is 0.0708. The molecular weight excluding hydrogens is 448 g/mol. The zero-order valence-corrected chi connectivity index (χ0v) is 19.6. The average molecular weight is 477 g/mol. The number of hydrogen-bond donors (Lipinski definition) is 2. The van der Waals surface area contributed by atoms with Crippen molar-refractivity contribution in [2.75, 3.05) is 25.5 Å². The molecule has 3 aliphatic rings. The van der Waals surface area contributed by atoms with Crippen molar-refractivity contribution in [2.45, 2.75) is 43.7 Å². The molecule has 5 rings (SSSR count). The minimum atomic E-state index is -1.42. The van der Waals surface area contributed by atoms with Crippen molar-refractivity contribution in [3.8, 4) is 0 Å². The number of ether oxygens (including phenoxy) is 1. The number of nitrogens with zero attached hydrogens (tertiary/aromatic N) is 2. The van der Waals surface area contributed by atoms with Gasteiger partial charge in [0, 0.05) is 31.3 Å². The van der Waals surface area contributed by atoms with Crippen molar-refractivity contribution in [3.05, 3.63) is 65.2 Å². The maximum atomic E-state index is 13.5. The first-order valence-electron chi connectivity index (χ1n) is 11.9. The fraction of sp³-hybridized carbons (Fsp3) is 0.385. The number of likely N-dealkylation sites (tertiary alicyclic amines) is 1. The van der Waals surface area contributed by atoms with Crippen molar-refractivity contribution >= 4 is 29.6 Å². The highest BCUT2D eigenvalue weighted by Gasteiger charge is 2.58. The van der Waals surface area contributed by atoms with E-state index in [2.05, 4.69) is 10.6 Å². The zero-order chi connectivity index (χ0) is 24.6. The lowest BCUT2D eigenvalue weighted by Crippen LogP contribution is -2.47. The summed E-state index contributed by atoms with van der Waals surface area (Å²) in [6.45, 7) is 0.249. The normalized spacial score (nSPS) is 23.3. The molecule has 2 aliphatic heterocycles. The van der Waals surface area contributed by atoms with Crippen LogP contribution in [-0.2, 0) is 26.3 Å². The summed E-state index contributed by atoms with van der Waals surface area (Å²) in [6.07, 6.45) is 2.77. The number of carbonyl (C=O) groups excluding carboxylic acids is 4. The van der Waals surface area contributed by atoms with E-state index >= 15 is 0 Å². The molecule has 182 valence electrons. The van der Waals surface area contributed by atoms with Gasteiger partial charge in [-0.25, -0.2) is 14.5 Å². The fourth-order valence-corrected chi connectivity index (χ4v) is 5.40. The van der Waals surface area contributed by atoms with E-state index in [1.54, 1.807) is 23.1 Å². The summed E-state index contributed by atoms with van der Waals surface area (Å²) in [5.74, 6) is -0.765. The lowest BCUT2D eigenvalue weighted by Gasteiger charge is -2.36. The number of anilines is 1. The second-order valence-electron chi connectivity index (χ2n) is 9.17. The highest BCUT2D eigenvalue weighted by Crippen LogP contribution is 2.46. The van der Waals surface area contributed by atoms with Gasteiger partial charge in [0.1, 0.15) is 6.54 Å². The topological polar surface area (TPSA) is 108 Å². The molecule has 0 bridgehead atoms. The van der Waals surface area contributed by atoms with Crippen LogP contribution in [0.25, 0.3) is 0 Å². The smallest absolute Gasteiger partial charge is 0.418 e. The van der Waals surface area contributed by atoms with Gasteiger partial charge < -0.3 is 20.3 Å². The molecule has 9 heteroatoms. The molecule has 35 heavy (non-hydrogen) atoms. The van der Waals surface area contributed by atoms with Crippen LogP contribution in [0.4, 0.5) is 15.3 Å². The summed E-state index contributed by atoms with van der Waals surface area (Å²) in [7, 11) is 1.52. The number of nitrogens with one attached hydrogen (secondary N) is 2. The summed E-state index contributed by atoms with van der Waals surface area (Å²) in [4.78, 5) is 54.0. The van der Waals surface area contributed by atoms with Crippen LogP contribution in [0.1, 0.15) is 48.4 Å². The van der Waals surface area contributed by atoms with E-state index < -0.39 is 17.6 Å². The number of aryl methyl sites for hydroxylation is 1. The Morgan fingerprint density at radius 2 is 1.91 bits per heavy atom. The number of carbonyl (C=O) groups is 4. The van der Waals surface area contributed by atoms with Gasteiger partial charge in [0.15, 0.2) is 0 Å². The van der Waals surface area contributed by atoms with Crippen LogP contribution >= 0.6 is 0 Å². The summed E-state index contributed by atoms with van der Waals surface area (Å²) < 4.78 is 5.67. The monoisotopic (exact) mass is 476 g/mol. The van der Waals surface area contributed by atoms with Gasteiger partial charge >= 0.3 is 12.1 Å². The number of hydrogen-bond acceptors (Lipinski definition) is 5. The number of imide groups is 1. The van der Waals surface area contributed by atoms with Crippen LogP contribution < -0.4 is 10.6 Å². The number of amides is 5. The van der Waals surface area contributed by atoms with Crippen molar-refractivity contribution in [1.82, 2.24) is 15.1 Å². The van der Waals surface area contributed by atoms with Crippen molar-refractivity contribution < 1.29 is 23.9 Å². The lowest BCUT2D eigenvalue weighted by molar-refractivity contribution is -0.143. The molecule has 5 amide bonds. The van der Waals surface area contributed by atoms with Crippen LogP contribution in [0.15, 0.2) is 48.5 Å². The standard InChI is InChI=1S/C26H28N4O5/c1-27-24(33)28-19-10-11-20-18(15-19)12-13-26(20)23(32)30(25(34)35-26)16-22(31)29-14-6-5-9-21(29)17-7-3-2-4-8-17/h2-4,7-8,10-11,15,21H,5-6,9,12-14,16H2,1H3,(H2,27,28,33)/t21-,26+/m0/s1. The van der Waals surface area contributed by atoms with E-state index in [1.165, 1.54) is 7.05 Å². The molecular formula is C26H28N4O5. The van der Waals surface area contributed by atoms with Crippen molar-refractivity contribution in [3.63, 3.8) is 0 Å². The Kier molecular flexibility index (Phi) is 5.92. The fourth-order valence-electron chi connectivity index (χ4n) is 5.40. The Balaban J connectivity index is 1.34. The van der Waals surface area contributed by atoms with Crippen LogP contribution in [0.3, 0.4) is 0 Å². The van der Waals surface area contributed by atoms with Crippen molar-refractivity contribution in [1.29, 1.82) is 0 Å². The van der Waals surface area contributed by atoms with Crippen LogP contribution in [-0.4, -0.2) is 53.9 Å². The third-order valence-corrected chi connectivity index (χ3v) is 7.15. The number of benzene rings is 2. The molecule has 2 heterocycles. The van der Waals surface area contributed by atoms with Crippen LogP contribution in [0.2, 0.25) is 0 Å². The SMILES string of the molecule is CNC(=O)Nc1ccc2c(c1)CC[C@@]21OC(=O)N(CC(=O)N2CCCC[C@H]2c2ccccc2)C1=O. The van der Waals surface area contributed by atoms with Crippen molar-refractivity contribution in [2.24, 2.45) is 0 Å². The van der Waals surface area contributed by atoms with Gasteiger partial charge in [0.25, 0.3) is 5.91 Å². The van der Waals surface area contributed by atoms with Gasteiger partial charge in [-0.2, -0.15) is 0 Å². The quantitative estimate of drug-likeness (QED) is 0.704. The first kappa shape index (κ1) is 22.9. The molecule has 1 spiro atoms. The molecule has 2 atom stereocenters. The van der Waals surface area contributed by atoms with Gasteiger partial charge in [-0.05, 0) is 48.9 Å². The Bertz CT molecular complexity index is 1180. The second kappa shape index (κ2) is 9.05. The van der Waals surface area contributed by atoms with E-state index in [1.807, 2.05) is 30.3 Å². The Hall–Kier alpha value is -3.88. The predicted octanol–water partition coefficient (Wildman–Crippen LogP) is 3.31. The molecule has 2 aromatic rings. The van der Waals surface area contributed by atoms with Gasteiger partial charge in [0.2, 0.25) is 11.5 Å². The predicted molar refractivity (Wildman–Crippen MR) is 127 cm³/mol. The number of fused-ring (bicyclic) bond motifs is 2. The molecule has 2 fully saturated rings. The van der Waals surface area contributed by atoms with Gasteiger partial charge in [-0.3, -0.25) is 9.59 Å². The Morgan fingerprint density at radius 3 is 2.69 bits per heavy atom. The maximum Gasteiger partial charge on any atom is 0.418 e. The van der Waals surface area contributed by atoms with Crippen LogP contribution in [0.5, 0.6) is 0 Å². The minimum Gasteiger partial charge on any atom is -0.427 e. The van der Waals surface area contributed by atoms with E-state index in [0.29, 0.717) is 30.6 Å². The molecule has 0 radical (unpaired) electrons. The highest BCUT2D eigenvalue weighted by atomic mass is 16.6. The van der Waals surface area contributed by atoms with E-state index in [-0.39, 0.29) is 24.5 Å². The Morgan fingerprint density at radius 1 is 1.11 bits per heavy atom. The number of urea groups is 1. The molecule has 9 nitrogen and oxygen atoms in total. The molecule has 2 aromatic carbocycles. The van der Waals surface area contributed by atoms with Crippen LogP contribution in [0, 0.1) is 0 Å². The maximum absolute atomic E-state index is 13.5. The summed E-state index contributed by atoms with van der Waals surface area (Å²) in [5, 5.41) is 5.20. The van der Waals surface area contributed by atoms with Gasteiger partial charge in [0.05, 0.1) is 6.04 Å². The number of piperidine rings is 1. The largest absolute Gasteiger partial charge is 0.427 e. The third-order valence-electron chi connectivity index (χ3n) is 7.15. The highest BCUT2D eigenvalue weighted by molar-refractivity contribution is 6.06. The third kappa shape index (κ3) is 4.00. The summed E-state index contributed by atoms with van der Waals surface area (Å²) >= 11 is 0. The summed E-state index contributed by atoms with van der Waals surface area (Å²) in [6, 6.07) is 14.6. The molecule has 0 aromatic heterocycles. The molecule has 0 unspecified atom stereocenters. The number of rotatable bonds is 4. The van der Waals surface area contributed by atoms with E-state index in [9.17, 15) is 19.2 Å². The Labute approximate surface area is 203 Å². The lowest BCUT2D eigenvalue weighted by atomic mass is 9.94. The van der Waals surface area contributed by atoms with E-state index in [4.69, 9.17) is 4.74 Å². The van der Waals surface area contributed by atoms with Gasteiger partial charge in [-0.1, -0.05) is 36.4 Å². The van der Waals surface area contributed by atoms with Gasteiger partial charge in [-0.15, -0.1) is 0 Å². The molecule has 2 saturated heterocycles. The first-order valence-corrected chi connectivity index (χ1v) is 11.9. The average Bonchev–Trinajstić information content (AvgIpc) is 3.36. The second-order valence-corrected chi connectivity index (χ2v) is 9.17. The van der Waals surface area contributed by atoms with E-state index in [0.717, 1.165) is 35.3 Å².